The van der Waals surface area contributed by atoms with Crippen LogP contribution < -0.4 is 10.9 Å². The summed E-state index contributed by atoms with van der Waals surface area (Å²) in [7, 11) is 1.58. The van der Waals surface area contributed by atoms with Crippen LogP contribution in [0.1, 0.15) is 28.4 Å². The second kappa shape index (κ2) is 10.3. The van der Waals surface area contributed by atoms with E-state index < -0.39 is 0 Å². The van der Waals surface area contributed by atoms with Crippen LogP contribution in [-0.4, -0.2) is 54.9 Å². The van der Waals surface area contributed by atoms with Gasteiger partial charge < -0.3 is 19.4 Å². The Hall–Kier alpha value is -2.48. The highest BCUT2D eigenvalue weighted by Gasteiger charge is 2.16. The number of nitrogens with zero attached hydrogens (tertiary/aromatic N) is 2. The predicted octanol–water partition coefficient (Wildman–Crippen LogP) is 1.65. The molecule has 156 valence electrons. The van der Waals surface area contributed by atoms with Gasteiger partial charge in [0.15, 0.2) is 0 Å². The molecular formula is C22H29N3O4. The van der Waals surface area contributed by atoms with Crippen molar-refractivity contribution >= 4 is 5.91 Å². The van der Waals surface area contributed by atoms with Crippen molar-refractivity contribution in [1.29, 1.82) is 0 Å². The summed E-state index contributed by atoms with van der Waals surface area (Å²) in [6, 6.07) is 11.2. The Kier molecular flexibility index (Phi) is 7.57. The first-order valence-corrected chi connectivity index (χ1v) is 9.94. The van der Waals surface area contributed by atoms with Crippen LogP contribution in [0.5, 0.6) is 0 Å². The van der Waals surface area contributed by atoms with E-state index in [-0.39, 0.29) is 17.6 Å². The van der Waals surface area contributed by atoms with E-state index in [1.165, 1.54) is 16.2 Å². The lowest BCUT2D eigenvalue weighted by Crippen LogP contribution is -2.40. The monoisotopic (exact) mass is 399 g/mol. The molecule has 1 atom stereocenters. The van der Waals surface area contributed by atoms with E-state index in [1.807, 2.05) is 12.1 Å². The van der Waals surface area contributed by atoms with Crippen LogP contribution in [0, 0.1) is 0 Å². The number of ether oxygens (including phenoxy) is 2. The van der Waals surface area contributed by atoms with Gasteiger partial charge in [0.25, 0.3) is 11.5 Å². The maximum atomic E-state index is 12.5. The second-order valence-electron chi connectivity index (χ2n) is 7.36. The molecule has 0 saturated carbocycles. The lowest BCUT2D eigenvalue weighted by Gasteiger charge is -2.31. The maximum absolute atomic E-state index is 12.5. The largest absolute Gasteiger partial charge is 0.383 e. The molecule has 1 aliphatic heterocycles. The molecule has 2 heterocycles. The highest BCUT2D eigenvalue weighted by Crippen LogP contribution is 2.12. The third-order valence-corrected chi connectivity index (χ3v) is 4.96. The Balaban J connectivity index is 1.58. The van der Waals surface area contributed by atoms with E-state index in [0.717, 1.165) is 31.8 Å². The molecule has 0 bridgehead atoms. The fraction of sp³-hybridized carbons (Fsp3) is 0.455. The van der Waals surface area contributed by atoms with Crippen LogP contribution in [0.15, 0.2) is 47.4 Å². The van der Waals surface area contributed by atoms with Crippen LogP contribution >= 0.6 is 0 Å². The van der Waals surface area contributed by atoms with Crippen molar-refractivity contribution in [2.45, 2.75) is 32.7 Å². The number of rotatable bonds is 8. The number of nitrogens with one attached hydrogen (secondary N) is 1. The highest BCUT2D eigenvalue weighted by atomic mass is 16.5. The fourth-order valence-corrected chi connectivity index (χ4v) is 3.44. The number of amides is 1. The second-order valence-corrected chi connectivity index (χ2v) is 7.36. The van der Waals surface area contributed by atoms with E-state index in [2.05, 4.69) is 29.3 Å². The maximum Gasteiger partial charge on any atom is 0.253 e. The summed E-state index contributed by atoms with van der Waals surface area (Å²) in [5.41, 5.74) is 2.58. The number of aromatic nitrogens is 1. The van der Waals surface area contributed by atoms with Crippen molar-refractivity contribution in [3.8, 4) is 0 Å². The predicted molar refractivity (Wildman–Crippen MR) is 111 cm³/mol. The van der Waals surface area contributed by atoms with Gasteiger partial charge >= 0.3 is 0 Å². The molecule has 1 amide bonds. The van der Waals surface area contributed by atoms with Gasteiger partial charge in [-0.2, -0.15) is 0 Å². The first-order valence-electron chi connectivity index (χ1n) is 9.94. The van der Waals surface area contributed by atoms with Crippen molar-refractivity contribution in [3.63, 3.8) is 0 Å². The van der Waals surface area contributed by atoms with Gasteiger partial charge in [-0.25, -0.2) is 0 Å². The molecule has 1 saturated heterocycles. The third kappa shape index (κ3) is 6.25. The van der Waals surface area contributed by atoms with Crippen molar-refractivity contribution in [2.75, 3.05) is 33.4 Å². The normalized spacial score (nSPS) is 17.2. The van der Waals surface area contributed by atoms with Crippen molar-refractivity contribution < 1.29 is 14.3 Å². The minimum Gasteiger partial charge on any atom is -0.383 e. The average molecular weight is 399 g/mol. The van der Waals surface area contributed by atoms with E-state index in [1.54, 1.807) is 19.4 Å². The minimum absolute atomic E-state index is 0.149. The van der Waals surface area contributed by atoms with Crippen LogP contribution in [0.25, 0.3) is 0 Å². The number of morpholine rings is 1. The summed E-state index contributed by atoms with van der Waals surface area (Å²) in [5.74, 6) is -0.205. The van der Waals surface area contributed by atoms with Crippen molar-refractivity contribution in [2.24, 2.45) is 0 Å². The zero-order valence-corrected chi connectivity index (χ0v) is 17.1. The molecule has 1 aromatic carbocycles. The lowest BCUT2D eigenvalue weighted by atomic mass is 10.1. The summed E-state index contributed by atoms with van der Waals surface area (Å²) < 4.78 is 12.1. The minimum atomic E-state index is -0.205. The lowest BCUT2D eigenvalue weighted by molar-refractivity contribution is -0.0212. The number of benzene rings is 1. The molecule has 29 heavy (non-hydrogen) atoms. The van der Waals surface area contributed by atoms with Gasteiger partial charge in [0.2, 0.25) is 0 Å². The molecule has 1 aliphatic rings. The van der Waals surface area contributed by atoms with Gasteiger partial charge in [0.1, 0.15) is 0 Å². The first-order chi connectivity index (χ1) is 14.0. The molecule has 0 aliphatic carbocycles. The highest BCUT2D eigenvalue weighted by molar-refractivity contribution is 5.93. The molecule has 3 rings (SSSR count). The van der Waals surface area contributed by atoms with Gasteiger partial charge in [-0.3, -0.25) is 14.5 Å². The molecule has 7 heteroatoms. The Morgan fingerprint density at radius 3 is 2.90 bits per heavy atom. The van der Waals surface area contributed by atoms with E-state index in [0.29, 0.717) is 25.3 Å². The number of carbonyl (C=O) groups is 1. The molecule has 1 aromatic heterocycles. The average Bonchev–Trinajstić information content (AvgIpc) is 2.72. The van der Waals surface area contributed by atoms with Gasteiger partial charge in [-0.1, -0.05) is 24.3 Å². The molecule has 7 nitrogen and oxygen atoms in total. The number of hydrogen-bond donors (Lipinski definition) is 1. The van der Waals surface area contributed by atoms with Gasteiger partial charge in [-0.15, -0.1) is 0 Å². The van der Waals surface area contributed by atoms with Gasteiger partial charge in [0, 0.05) is 52.1 Å². The number of pyridine rings is 1. The van der Waals surface area contributed by atoms with Crippen LogP contribution in [-0.2, 0) is 29.1 Å². The smallest absolute Gasteiger partial charge is 0.253 e. The van der Waals surface area contributed by atoms with Crippen molar-refractivity contribution in [1.82, 2.24) is 14.8 Å². The topological polar surface area (TPSA) is 72.8 Å². The molecule has 0 radical (unpaired) electrons. The molecule has 1 unspecified atom stereocenters. The van der Waals surface area contributed by atoms with Crippen molar-refractivity contribution in [3.05, 3.63) is 69.6 Å². The first kappa shape index (κ1) is 21.2. The van der Waals surface area contributed by atoms with Gasteiger partial charge in [0.05, 0.1) is 24.9 Å². The number of hydrogen-bond acceptors (Lipinski definition) is 5. The molecule has 2 aromatic rings. The van der Waals surface area contributed by atoms with E-state index in [9.17, 15) is 9.59 Å². The number of methoxy groups -OCH3 is 1. The Morgan fingerprint density at radius 1 is 1.28 bits per heavy atom. The third-order valence-electron chi connectivity index (χ3n) is 4.96. The molecular weight excluding hydrogens is 370 g/mol. The van der Waals surface area contributed by atoms with Crippen LogP contribution in [0.2, 0.25) is 0 Å². The summed E-state index contributed by atoms with van der Waals surface area (Å²) in [6.07, 6.45) is 1.84. The van der Waals surface area contributed by atoms with Crippen LogP contribution in [0.4, 0.5) is 0 Å². The summed E-state index contributed by atoms with van der Waals surface area (Å²) in [6.45, 7) is 6.87. The fourth-order valence-electron chi connectivity index (χ4n) is 3.44. The van der Waals surface area contributed by atoms with E-state index in [4.69, 9.17) is 9.47 Å². The van der Waals surface area contributed by atoms with Gasteiger partial charge in [-0.05, 0) is 24.1 Å². The molecule has 0 spiro atoms. The standard InChI is InChI=1S/C22H29N3O4/c1-17-14-24(8-11-29-17)15-19-5-3-4-18(12-19)13-23-22(27)20-6-7-21(26)25(16-20)9-10-28-2/h3-7,12,16-17H,8-11,13-15H2,1-2H3,(H,23,27). The molecule has 1 N–H and O–H groups in total. The zero-order valence-electron chi connectivity index (χ0n) is 17.1. The SMILES string of the molecule is COCCn1cc(C(=O)NCc2cccc(CN3CCOC(C)C3)c2)ccc1=O. The van der Waals surface area contributed by atoms with E-state index >= 15 is 0 Å². The Labute approximate surface area is 171 Å². The Bertz CT molecular complexity index is 880. The molecule has 1 fully saturated rings. The summed E-state index contributed by atoms with van der Waals surface area (Å²) in [4.78, 5) is 26.8. The summed E-state index contributed by atoms with van der Waals surface area (Å²) >= 11 is 0. The summed E-state index contributed by atoms with van der Waals surface area (Å²) in [5, 5.41) is 2.94. The zero-order chi connectivity index (χ0) is 20.6. The van der Waals surface area contributed by atoms with Crippen LogP contribution in [0.3, 0.4) is 0 Å². The number of carbonyl (C=O) groups excluding carboxylic acids is 1. The quantitative estimate of drug-likeness (QED) is 0.731. The Morgan fingerprint density at radius 2 is 2.10 bits per heavy atom.